The summed E-state index contributed by atoms with van der Waals surface area (Å²) >= 11 is 0. The summed E-state index contributed by atoms with van der Waals surface area (Å²) in [6.45, 7) is 0.562. The van der Waals surface area contributed by atoms with E-state index in [4.69, 9.17) is 4.74 Å². The molecule has 0 spiro atoms. The Kier molecular flexibility index (Phi) is 7.25. The van der Waals surface area contributed by atoms with Gasteiger partial charge in [-0.25, -0.2) is 8.42 Å². The van der Waals surface area contributed by atoms with Crippen LogP contribution >= 0.6 is 0 Å². The van der Waals surface area contributed by atoms with Gasteiger partial charge in [0.1, 0.15) is 11.8 Å². The van der Waals surface area contributed by atoms with Gasteiger partial charge in [0.15, 0.2) is 0 Å². The fourth-order valence-corrected chi connectivity index (χ4v) is 3.88. The van der Waals surface area contributed by atoms with E-state index in [1.54, 1.807) is 42.5 Å². The molecule has 0 heterocycles. The Balaban J connectivity index is 1.63. The second-order valence-electron chi connectivity index (χ2n) is 6.42. The van der Waals surface area contributed by atoms with Crippen molar-refractivity contribution < 1.29 is 13.2 Å². The SMILES string of the molecule is N#Cc1c(/C=C/CCCOc2[c]cccc2)cccc1NS(=O)(=O)c1ccccc1. The molecule has 0 bridgehead atoms. The number of anilines is 1. The van der Waals surface area contributed by atoms with Gasteiger partial charge in [0, 0.05) is 6.07 Å². The number of sulfonamides is 1. The zero-order chi connectivity index (χ0) is 21.2. The molecular formula is C24H21N2O3S. The molecule has 1 radical (unpaired) electrons. The first kappa shape index (κ1) is 21.2. The maximum atomic E-state index is 12.6. The minimum absolute atomic E-state index is 0.144. The van der Waals surface area contributed by atoms with Crippen LogP contribution in [-0.4, -0.2) is 15.0 Å². The van der Waals surface area contributed by atoms with E-state index in [0.29, 0.717) is 17.9 Å². The van der Waals surface area contributed by atoms with E-state index in [2.05, 4.69) is 16.9 Å². The lowest BCUT2D eigenvalue weighted by molar-refractivity contribution is 0.311. The van der Waals surface area contributed by atoms with Gasteiger partial charge in [-0.3, -0.25) is 4.72 Å². The zero-order valence-corrected chi connectivity index (χ0v) is 17.1. The lowest BCUT2D eigenvalue weighted by atomic mass is 10.1. The molecule has 3 aromatic carbocycles. The van der Waals surface area contributed by atoms with Crippen molar-refractivity contribution in [1.82, 2.24) is 0 Å². The van der Waals surface area contributed by atoms with Gasteiger partial charge in [-0.2, -0.15) is 5.26 Å². The maximum Gasteiger partial charge on any atom is 0.261 e. The molecule has 151 valence electrons. The highest BCUT2D eigenvalue weighted by atomic mass is 32.2. The molecule has 3 aromatic rings. The highest BCUT2D eigenvalue weighted by Gasteiger charge is 2.16. The highest BCUT2D eigenvalue weighted by Crippen LogP contribution is 2.24. The van der Waals surface area contributed by atoms with Gasteiger partial charge in [-0.15, -0.1) is 0 Å². The number of hydrogen-bond acceptors (Lipinski definition) is 4. The van der Waals surface area contributed by atoms with E-state index >= 15 is 0 Å². The van der Waals surface area contributed by atoms with Gasteiger partial charge in [-0.1, -0.05) is 60.7 Å². The van der Waals surface area contributed by atoms with Crippen LogP contribution in [0.5, 0.6) is 5.75 Å². The Bertz CT molecular complexity index is 1140. The van der Waals surface area contributed by atoms with E-state index in [1.807, 2.05) is 30.4 Å². The fraction of sp³-hybridized carbons (Fsp3) is 0.125. The number of ether oxygens (including phenoxy) is 1. The van der Waals surface area contributed by atoms with E-state index in [9.17, 15) is 13.7 Å². The molecule has 0 saturated carbocycles. The summed E-state index contributed by atoms with van der Waals surface area (Å²) in [6.07, 6.45) is 5.34. The van der Waals surface area contributed by atoms with Crippen LogP contribution in [0.3, 0.4) is 0 Å². The predicted octanol–water partition coefficient (Wildman–Crippen LogP) is 5.03. The molecule has 0 aliphatic rings. The summed E-state index contributed by atoms with van der Waals surface area (Å²) in [5, 5.41) is 9.59. The second-order valence-corrected chi connectivity index (χ2v) is 8.10. The number of rotatable bonds is 9. The lowest BCUT2D eigenvalue weighted by Crippen LogP contribution is -2.14. The molecule has 30 heavy (non-hydrogen) atoms. The van der Waals surface area contributed by atoms with E-state index in [-0.39, 0.29) is 16.1 Å². The number of nitrogens with zero attached hydrogens (tertiary/aromatic N) is 1. The first-order valence-corrected chi connectivity index (χ1v) is 11.0. The normalized spacial score (nSPS) is 11.2. The number of benzene rings is 3. The summed E-state index contributed by atoms with van der Waals surface area (Å²) in [5.41, 5.74) is 1.19. The number of nitriles is 1. The fourth-order valence-electron chi connectivity index (χ4n) is 2.78. The second kappa shape index (κ2) is 10.3. The molecule has 0 aliphatic carbocycles. The maximum absolute atomic E-state index is 12.6. The van der Waals surface area contributed by atoms with Crippen LogP contribution in [-0.2, 0) is 10.0 Å². The van der Waals surface area contributed by atoms with Crippen molar-refractivity contribution in [2.24, 2.45) is 0 Å². The van der Waals surface area contributed by atoms with Gasteiger partial charge in [0.25, 0.3) is 10.0 Å². The zero-order valence-electron chi connectivity index (χ0n) is 16.3. The van der Waals surface area contributed by atoms with Crippen molar-refractivity contribution in [1.29, 1.82) is 5.26 Å². The third-order valence-corrected chi connectivity index (χ3v) is 5.64. The van der Waals surface area contributed by atoms with E-state index in [1.165, 1.54) is 12.1 Å². The van der Waals surface area contributed by atoms with Crippen LogP contribution in [0.1, 0.15) is 24.0 Å². The van der Waals surface area contributed by atoms with Gasteiger partial charge in [0.2, 0.25) is 0 Å². The molecule has 0 unspecified atom stereocenters. The molecule has 0 aliphatic heterocycles. The van der Waals surface area contributed by atoms with Crippen LogP contribution in [0.15, 0.2) is 83.8 Å². The summed E-state index contributed by atoms with van der Waals surface area (Å²) in [4.78, 5) is 0.144. The van der Waals surface area contributed by atoms with Gasteiger partial charge in [0.05, 0.1) is 22.8 Å². The molecule has 0 aromatic heterocycles. The molecule has 3 rings (SSSR count). The van der Waals surface area contributed by atoms with Crippen molar-refractivity contribution in [3.63, 3.8) is 0 Å². The smallest absolute Gasteiger partial charge is 0.261 e. The van der Waals surface area contributed by atoms with E-state index < -0.39 is 10.0 Å². The Morgan fingerprint density at radius 1 is 1.03 bits per heavy atom. The topological polar surface area (TPSA) is 79.2 Å². The summed E-state index contributed by atoms with van der Waals surface area (Å²) in [6, 6.07) is 25.7. The Morgan fingerprint density at radius 2 is 1.83 bits per heavy atom. The third-order valence-electron chi connectivity index (χ3n) is 4.26. The summed E-state index contributed by atoms with van der Waals surface area (Å²) in [5.74, 6) is 0.714. The molecule has 0 fully saturated rings. The first-order chi connectivity index (χ1) is 14.6. The average Bonchev–Trinajstić information content (AvgIpc) is 2.77. The van der Waals surface area contributed by atoms with Crippen molar-refractivity contribution in [2.45, 2.75) is 17.7 Å². The highest BCUT2D eigenvalue weighted by molar-refractivity contribution is 7.92. The molecule has 1 N–H and O–H groups in total. The Labute approximate surface area is 177 Å². The quantitative estimate of drug-likeness (QED) is 0.495. The molecule has 0 amide bonds. The first-order valence-electron chi connectivity index (χ1n) is 9.47. The molecule has 0 atom stereocenters. The molecular weight excluding hydrogens is 396 g/mol. The molecule has 6 heteroatoms. The molecule has 5 nitrogen and oxygen atoms in total. The number of allylic oxidation sites excluding steroid dienone is 1. The van der Waals surface area contributed by atoms with Crippen LogP contribution < -0.4 is 9.46 Å². The van der Waals surface area contributed by atoms with Crippen molar-refractivity contribution in [3.8, 4) is 11.8 Å². The Morgan fingerprint density at radius 3 is 2.57 bits per heavy atom. The number of para-hydroxylation sites is 1. The van der Waals surface area contributed by atoms with Gasteiger partial charge in [-0.05, 0) is 42.7 Å². The minimum atomic E-state index is -3.77. The van der Waals surface area contributed by atoms with Gasteiger partial charge < -0.3 is 4.74 Å². The van der Waals surface area contributed by atoms with Crippen LogP contribution in [0, 0.1) is 17.4 Å². The monoisotopic (exact) mass is 417 g/mol. The molecule has 0 saturated heterocycles. The largest absolute Gasteiger partial charge is 0.493 e. The predicted molar refractivity (Wildman–Crippen MR) is 117 cm³/mol. The lowest BCUT2D eigenvalue weighted by Gasteiger charge is -2.11. The third kappa shape index (κ3) is 5.72. The standard InChI is InChI=1S/C24H21N2O3S/c25-19-23-20(11-4-3-9-18-29-21-13-5-1-6-14-21)12-10-17-24(23)26-30(27,28)22-15-7-2-8-16-22/h1-2,4-8,10-13,15-17,26H,3,9,18H2/b11-4+. The van der Waals surface area contributed by atoms with Crippen molar-refractivity contribution in [3.05, 3.63) is 96.1 Å². The number of hydrogen-bond donors (Lipinski definition) is 1. The van der Waals surface area contributed by atoms with Crippen LogP contribution in [0.25, 0.3) is 6.08 Å². The van der Waals surface area contributed by atoms with Crippen LogP contribution in [0.2, 0.25) is 0 Å². The Hall–Kier alpha value is -3.56. The summed E-state index contributed by atoms with van der Waals surface area (Å²) in [7, 11) is -3.77. The summed E-state index contributed by atoms with van der Waals surface area (Å²) < 4.78 is 33.3. The van der Waals surface area contributed by atoms with E-state index in [0.717, 1.165) is 12.8 Å². The number of unbranched alkanes of at least 4 members (excludes halogenated alkanes) is 1. The minimum Gasteiger partial charge on any atom is -0.493 e. The average molecular weight is 418 g/mol. The van der Waals surface area contributed by atoms with Crippen LogP contribution in [0.4, 0.5) is 5.69 Å². The van der Waals surface area contributed by atoms with Crippen molar-refractivity contribution in [2.75, 3.05) is 11.3 Å². The van der Waals surface area contributed by atoms with Gasteiger partial charge >= 0.3 is 0 Å². The number of nitrogens with one attached hydrogen (secondary N) is 1. The van der Waals surface area contributed by atoms with Crippen molar-refractivity contribution >= 4 is 21.8 Å².